The van der Waals surface area contributed by atoms with E-state index in [9.17, 15) is 0 Å². The molecule has 0 amide bonds. The van der Waals surface area contributed by atoms with Crippen molar-refractivity contribution in [3.8, 4) is 0 Å². The monoisotopic (exact) mass is 240 g/mol. The third-order valence-electron chi connectivity index (χ3n) is 3.07. The largest absolute Gasteiger partial charge is 0.346 e. The number of hydrogen-bond donors (Lipinski definition) is 1. The average molecular weight is 240 g/mol. The first-order chi connectivity index (χ1) is 7.68. The van der Waals surface area contributed by atoms with Gasteiger partial charge in [0.25, 0.3) is 0 Å². The van der Waals surface area contributed by atoms with Crippen molar-refractivity contribution in [3.05, 3.63) is 5.82 Å². The van der Waals surface area contributed by atoms with Crippen molar-refractivity contribution in [1.82, 2.24) is 14.7 Å². The molecule has 1 aromatic heterocycles. The molecule has 4 nitrogen and oxygen atoms in total. The highest BCUT2D eigenvalue weighted by molar-refractivity contribution is 7.09. The number of piperidine rings is 1. The van der Waals surface area contributed by atoms with Crippen molar-refractivity contribution < 1.29 is 0 Å². The summed E-state index contributed by atoms with van der Waals surface area (Å²) >= 11 is 1.52. The van der Waals surface area contributed by atoms with E-state index in [2.05, 4.69) is 40.5 Å². The van der Waals surface area contributed by atoms with Gasteiger partial charge in [0.2, 0.25) is 5.13 Å². The number of nitrogens with one attached hydrogen (secondary N) is 1. The van der Waals surface area contributed by atoms with Gasteiger partial charge in [0, 0.05) is 37.1 Å². The van der Waals surface area contributed by atoms with E-state index in [1.807, 2.05) is 0 Å². The number of hydrogen-bond acceptors (Lipinski definition) is 5. The smallest absolute Gasteiger partial charge is 0.205 e. The third kappa shape index (κ3) is 2.52. The molecule has 0 aromatic carbocycles. The van der Waals surface area contributed by atoms with Crippen LogP contribution in [-0.4, -0.2) is 35.5 Å². The lowest BCUT2D eigenvalue weighted by molar-refractivity contribution is 0.444. The van der Waals surface area contributed by atoms with Gasteiger partial charge in [0.15, 0.2) is 0 Å². The summed E-state index contributed by atoms with van der Waals surface area (Å²) in [5, 5.41) is 4.48. The Morgan fingerprint density at radius 3 is 2.88 bits per heavy atom. The first-order valence-corrected chi connectivity index (χ1v) is 6.73. The van der Waals surface area contributed by atoms with Crippen LogP contribution in [0.5, 0.6) is 0 Å². The zero-order valence-electron chi connectivity index (χ0n) is 10.2. The molecule has 0 bridgehead atoms. The molecule has 1 aliphatic rings. The first kappa shape index (κ1) is 11.8. The number of anilines is 1. The maximum Gasteiger partial charge on any atom is 0.205 e. The molecule has 90 valence electrons. The molecule has 0 aliphatic carbocycles. The third-order valence-corrected chi connectivity index (χ3v) is 3.89. The quantitative estimate of drug-likeness (QED) is 0.875. The lowest BCUT2D eigenvalue weighted by Gasteiger charge is -2.31. The van der Waals surface area contributed by atoms with E-state index in [1.54, 1.807) is 0 Å². The molecule has 1 aromatic rings. The van der Waals surface area contributed by atoms with Crippen molar-refractivity contribution in [2.75, 3.05) is 25.0 Å². The predicted molar refractivity (Wildman–Crippen MR) is 68.3 cm³/mol. The second kappa shape index (κ2) is 5.10. The van der Waals surface area contributed by atoms with Gasteiger partial charge in [-0.05, 0) is 19.4 Å². The van der Waals surface area contributed by atoms with E-state index in [4.69, 9.17) is 0 Å². The molecule has 0 radical (unpaired) electrons. The van der Waals surface area contributed by atoms with Crippen LogP contribution in [0, 0.1) is 0 Å². The Kier molecular flexibility index (Phi) is 3.76. The second-order valence-corrected chi connectivity index (χ2v) is 5.43. The van der Waals surface area contributed by atoms with Crippen LogP contribution in [0.4, 0.5) is 5.13 Å². The fourth-order valence-electron chi connectivity index (χ4n) is 1.92. The molecular weight excluding hydrogens is 220 g/mol. The highest BCUT2D eigenvalue weighted by Gasteiger charge is 2.21. The van der Waals surface area contributed by atoms with Crippen molar-refractivity contribution in [2.24, 2.45) is 0 Å². The van der Waals surface area contributed by atoms with Crippen molar-refractivity contribution >= 4 is 16.7 Å². The van der Waals surface area contributed by atoms with Crippen molar-refractivity contribution in [1.29, 1.82) is 0 Å². The maximum atomic E-state index is 4.59. The van der Waals surface area contributed by atoms with Crippen LogP contribution in [0.1, 0.15) is 38.4 Å². The number of aromatic nitrogens is 2. The van der Waals surface area contributed by atoms with Crippen LogP contribution in [0.2, 0.25) is 0 Å². The van der Waals surface area contributed by atoms with Crippen molar-refractivity contribution in [3.63, 3.8) is 0 Å². The Hall–Kier alpha value is -0.680. The van der Waals surface area contributed by atoms with Crippen LogP contribution in [-0.2, 0) is 0 Å². The van der Waals surface area contributed by atoms with Crippen LogP contribution < -0.4 is 10.2 Å². The van der Waals surface area contributed by atoms with E-state index in [0.29, 0.717) is 12.0 Å². The van der Waals surface area contributed by atoms with Gasteiger partial charge in [-0.3, -0.25) is 0 Å². The maximum absolute atomic E-state index is 4.59. The molecule has 16 heavy (non-hydrogen) atoms. The molecule has 1 N–H and O–H groups in total. The molecule has 1 saturated heterocycles. The summed E-state index contributed by atoms with van der Waals surface area (Å²) in [7, 11) is 2.13. The van der Waals surface area contributed by atoms with Crippen LogP contribution in [0.3, 0.4) is 0 Å². The van der Waals surface area contributed by atoms with Crippen molar-refractivity contribution in [2.45, 2.75) is 38.6 Å². The van der Waals surface area contributed by atoms with Crippen LogP contribution >= 0.6 is 11.5 Å². The minimum Gasteiger partial charge on any atom is -0.346 e. The summed E-state index contributed by atoms with van der Waals surface area (Å²) < 4.78 is 4.40. The highest BCUT2D eigenvalue weighted by Crippen LogP contribution is 2.23. The normalized spacial score (nSPS) is 21.4. The van der Waals surface area contributed by atoms with Gasteiger partial charge in [0.1, 0.15) is 5.82 Å². The molecule has 5 heteroatoms. The van der Waals surface area contributed by atoms with Gasteiger partial charge >= 0.3 is 0 Å². The molecule has 1 atom stereocenters. The molecule has 2 heterocycles. The number of rotatable bonds is 3. The Bertz CT molecular complexity index is 330. The van der Waals surface area contributed by atoms with Gasteiger partial charge in [0.05, 0.1) is 0 Å². The van der Waals surface area contributed by atoms with E-state index in [0.717, 1.165) is 24.0 Å². The molecule has 2 rings (SSSR count). The number of likely N-dealkylation sites (N-methyl/N-ethyl adjacent to an activating group) is 1. The molecule has 1 fully saturated rings. The average Bonchev–Trinajstić information content (AvgIpc) is 2.78. The highest BCUT2D eigenvalue weighted by atomic mass is 32.1. The second-order valence-electron chi connectivity index (χ2n) is 4.70. The van der Waals surface area contributed by atoms with Gasteiger partial charge in [-0.2, -0.15) is 4.37 Å². The Labute approximate surface area is 101 Å². The lowest BCUT2D eigenvalue weighted by atomic mass is 10.1. The van der Waals surface area contributed by atoms with Crippen LogP contribution in [0.15, 0.2) is 0 Å². The van der Waals surface area contributed by atoms with Gasteiger partial charge in [-0.1, -0.05) is 13.8 Å². The fraction of sp³-hybridized carbons (Fsp3) is 0.818. The summed E-state index contributed by atoms with van der Waals surface area (Å²) in [4.78, 5) is 6.86. The fourth-order valence-corrected chi connectivity index (χ4v) is 2.76. The molecule has 1 unspecified atom stereocenters. The van der Waals surface area contributed by atoms with E-state index in [-0.39, 0.29) is 0 Å². The lowest BCUT2D eigenvalue weighted by Crippen LogP contribution is -2.44. The first-order valence-electron chi connectivity index (χ1n) is 5.95. The number of nitrogens with zero attached hydrogens (tertiary/aromatic N) is 3. The van der Waals surface area contributed by atoms with Crippen LogP contribution in [0.25, 0.3) is 0 Å². The molecule has 0 saturated carbocycles. The van der Waals surface area contributed by atoms with E-state index >= 15 is 0 Å². The molecule has 0 spiro atoms. The van der Waals surface area contributed by atoms with E-state index < -0.39 is 0 Å². The van der Waals surface area contributed by atoms with Gasteiger partial charge in [-0.25, -0.2) is 4.98 Å². The SMILES string of the molecule is CC(C)c1nsc(N(C)C2CCCNC2)n1. The predicted octanol–water partition coefficient (Wildman–Crippen LogP) is 1.85. The zero-order chi connectivity index (χ0) is 11.5. The topological polar surface area (TPSA) is 41.1 Å². The zero-order valence-corrected chi connectivity index (χ0v) is 11.0. The summed E-state index contributed by atoms with van der Waals surface area (Å²) in [6.45, 7) is 6.48. The standard InChI is InChI=1S/C11H20N4S/c1-8(2)10-13-11(16-14-10)15(3)9-5-4-6-12-7-9/h8-9,12H,4-7H2,1-3H3. The Morgan fingerprint density at radius 2 is 2.31 bits per heavy atom. The summed E-state index contributed by atoms with van der Waals surface area (Å²) in [6.07, 6.45) is 2.50. The van der Waals surface area contributed by atoms with E-state index in [1.165, 1.54) is 24.4 Å². The van der Waals surface area contributed by atoms with Gasteiger partial charge in [-0.15, -0.1) is 0 Å². The van der Waals surface area contributed by atoms with Gasteiger partial charge < -0.3 is 10.2 Å². The minimum atomic E-state index is 0.419. The molecular formula is C11H20N4S. The summed E-state index contributed by atoms with van der Waals surface area (Å²) in [5.41, 5.74) is 0. The Morgan fingerprint density at radius 1 is 1.50 bits per heavy atom. The summed E-state index contributed by atoms with van der Waals surface area (Å²) in [5.74, 6) is 1.39. The summed E-state index contributed by atoms with van der Waals surface area (Å²) in [6, 6.07) is 0.571. The Balaban J connectivity index is 2.04. The minimum absolute atomic E-state index is 0.419. The molecule has 1 aliphatic heterocycles.